The summed E-state index contributed by atoms with van der Waals surface area (Å²) in [6.45, 7) is 4.26. The summed E-state index contributed by atoms with van der Waals surface area (Å²) in [6, 6.07) is 3.97. The molecule has 118 valence electrons. The second-order valence-corrected chi connectivity index (χ2v) is 5.21. The Morgan fingerprint density at radius 3 is 2.50 bits per heavy atom. The first-order valence-electron chi connectivity index (χ1n) is 7.09. The van der Waals surface area contributed by atoms with Crippen molar-refractivity contribution >= 4 is 11.9 Å². The van der Waals surface area contributed by atoms with E-state index in [1.807, 2.05) is 30.5 Å². The van der Waals surface area contributed by atoms with Gasteiger partial charge in [-0.3, -0.25) is 14.3 Å². The maximum absolute atomic E-state index is 12.3. The maximum atomic E-state index is 12.3. The van der Waals surface area contributed by atoms with Crippen LogP contribution in [0, 0.1) is 13.8 Å². The van der Waals surface area contributed by atoms with Crippen LogP contribution in [0.3, 0.4) is 0 Å². The molecule has 0 aromatic carbocycles. The van der Waals surface area contributed by atoms with Gasteiger partial charge < -0.3 is 15.0 Å². The Labute approximate surface area is 128 Å². The standard InChI is InChI=1S/C15H20N4O3/c1-10-6-7-11(2)19(10)15-12(9-17-18(15)3)14(22)16-8-4-5-13(20)21/h6-7,9H,4-5,8H2,1-3H3,(H,16,22)(H,20,21). The molecule has 2 rings (SSSR count). The van der Waals surface area contributed by atoms with Crippen molar-refractivity contribution in [3.05, 3.63) is 35.3 Å². The average molecular weight is 304 g/mol. The molecule has 7 nitrogen and oxygen atoms in total. The highest BCUT2D eigenvalue weighted by molar-refractivity contribution is 5.97. The first-order chi connectivity index (χ1) is 10.4. The van der Waals surface area contributed by atoms with Gasteiger partial charge in [-0.25, -0.2) is 0 Å². The van der Waals surface area contributed by atoms with Crippen molar-refractivity contribution in [2.75, 3.05) is 6.54 Å². The van der Waals surface area contributed by atoms with Crippen molar-refractivity contribution < 1.29 is 14.7 Å². The van der Waals surface area contributed by atoms with Gasteiger partial charge in [0.15, 0.2) is 0 Å². The average Bonchev–Trinajstić information content (AvgIpc) is 2.97. The fraction of sp³-hybridized carbons (Fsp3) is 0.400. The summed E-state index contributed by atoms with van der Waals surface area (Å²) in [5.41, 5.74) is 2.50. The number of aromatic nitrogens is 3. The van der Waals surface area contributed by atoms with Crippen LogP contribution in [0.1, 0.15) is 34.6 Å². The second kappa shape index (κ2) is 6.46. The first kappa shape index (κ1) is 15.8. The van der Waals surface area contributed by atoms with Gasteiger partial charge in [-0.15, -0.1) is 0 Å². The Morgan fingerprint density at radius 2 is 1.91 bits per heavy atom. The van der Waals surface area contributed by atoms with E-state index in [0.717, 1.165) is 11.4 Å². The van der Waals surface area contributed by atoms with Crippen LogP contribution in [-0.2, 0) is 11.8 Å². The molecule has 0 saturated carbocycles. The second-order valence-electron chi connectivity index (χ2n) is 5.21. The number of carboxylic acids is 1. The minimum absolute atomic E-state index is 0.0377. The van der Waals surface area contributed by atoms with Gasteiger partial charge in [-0.1, -0.05) is 0 Å². The van der Waals surface area contributed by atoms with Crippen LogP contribution in [0.2, 0.25) is 0 Å². The number of carbonyl (C=O) groups excluding carboxylic acids is 1. The van der Waals surface area contributed by atoms with E-state index in [2.05, 4.69) is 10.4 Å². The summed E-state index contributed by atoms with van der Waals surface area (Å²) in [6.07, 6.45) is 1.97. The number of nitrogens with one attached hydrogen (secondary N) is 1. The topological polar surface area (TPSA) is 89.2 Å². The molecular weight excluding hydrogens is 284 g/mol. The molecule has 22 heavy (non-hydrogen) atoms. The Hall–Kier alpha value is -2.57. The normalized spacial score (nSPS) is 10.7. The minimum atomic E-state index is -0.866. The molecule has 0 bridgehead atoms. The molecule has 0 aliphatic heterocycles. The van der Waals surface area contributed by atoms with Crippen LogP contribution >= 0.6 is 0 Å². The lowest BCUT2D eigenvalue weighted by Crippen LogP contribution is -2.26. The molecule has 2 N–H and O–H groups in total. The van der Waals surface area contributed by atoms with Crippen LogP contribution in [0.5, 0.6) is 0 Å². The summed E-state index contributed by atoms with van der Waals surface area (Å²) >= 11 is 0. The van der Waals surface area contributed by atoms with Crippen LogP contribution in [0.15, 0.2) is 18.3 Å². The molecule has 7 heteroatoms. The van der Waals surface area contributed by atoms with Crippen LogP contribution in [0.4, 0.5) is 0 Å². The molecule has 0 aliphatic carbocycles. The van der Waals surface area contributed by atoms with E-state index in [4.69, 9.17) is 5.11 Å². The van der Waals surface area contributed by atoms with Crippen LogP contribution in [-0.4, -0.2) is 37.9 Å². The summed E-state index contributed by atoms with van der Waals surface area (Å²) in [4.78, 5) is 22.8. The molecule has 1 amide bonds. The van der Waals surface area contributed by atoms with Gasteiger partial charge in [-0.2, -0.15) is 5.10 Å². The van der Waals surface area contributed by atoms with Crippen molar-refractivity contribution in [3.8, 4) is 5.82 Å². The lowest BCUT2D eigenvalue weighted by molar-refractivity contribution is -0.137. The fourth-order valence-electron chi connectivity index (χ4n) is 2.40. The highest BCUT2D eigenvalue weighted by Gasteiger charge is 2.19. The molecule has 0 radical (unpaired) electrons. The molecule has 2 aromatic heterocycles. The van der Waals surface area contributed by atoms with Gasteiger partial charge in [-0.05, 0) is 32.4 Å². The highest BCUT2D eigenvalue weighted by atomic mass is 16.4. The van der Waals surface area contributed by atoms with Crippen molar-refractivity contribution in [3.63, 3.8) is 0 Å². The SMILES string of the molecule is Cc1ccc(C)n1-c1c(C(=O)NCCCC(=O)O)cnn1C. The van der Waals surface area contributed by atoms with Crippen LogP contribution < -0.4 is 5.32 Å². The third-order valence-electron chi connectivity index (χ3n) is 3.49. The molecule has 0 aliphatic rings. The molecule has 0 unspecified atom stereocenters. The van der Waals surface area contributed by atoms with Gasteiger partial charge in [0.25, 0.3) is 5.91 Å². The summed E-state index contributed by atoms with van der Waals surface area (Å²) < 4.78 is 3.63. The number of nitrogens with zero attached hydrogens (tertiary/aromatic N) is 3. The van der Waals surface area contributed by atoms with Crippen molar-refractivity contribution in [2.45, 2.75) is 26.7 Å². The summed E-state index contributed by atoms with van der Waals surface area (Å²) in [5.74, 6) is -0.411. The van der Waals surface area contributed by atoms with E-state index in [-0.39, 0.29) is 12.3 Å². The molecular formula is C15H20N4O3. The smallest absolute Gasteiger partial charge is 0.303 e. The van der Waals surface area contributed by atoms with Crippen molar-refractivity contribution in [1.29, 1.82) is 0 Å². The van der Waals surface area contributed by atoms with Crippen molar-refractivity contribution in [2.24, 2.45) is 7.05 Å². The Kier molecular flexibility index (Phi) is 4.65. The lowest BCUT2D eigenvalue weighted by Gasteiger charge is -2.12. The number of amides is 1. The van der Waals surface area contributed by atoms with Crippen molar-refractivity contribution in [1.82, 2.24) is 19.7 Å². The van der Waals surface area contributed by atoms with E-state index in [1.165, 1.54) is 6.20 Å². The largest absolute Gasteiger partial charge is 0.481 e. The van der Waals surface area contributed by atoms with Gasteiger partial charge in [0.2, 0.25) is 0 Å². The van der Waals surface area contributed by atoms with Gasteiger partial charge in [0.1, 0.15) is 11.4 Å². The van der Waals surface area contributed by atoms with Gasteiger partial charge in [0, 0.05) is 31.4 Å². The summed E-state index contributed by atoms with van der Waals surface area (Å²) in [5, 5.41) is 15.5. The summed E-state index contributed by atoms with van der Waals surface area (Å²) in [7, 11) is 1.79. The zero-order valence-corrected chi connectivity index (χ0v) is 13.0. The number of aryl methyl sites for hydroxylation is 3. The fourth-order valence-corrected chi connectivity index (χ4v) is 2.40. The zero-order chi connectivity index (χ0) is 16.3. The number of aliphatic carboxylic acids is 1. The number of hydrogen-bond donors (Lipinski definition) is 2. The van der Waals surface area contributed by atoms with E-state index in [0.29, 0.717) is 24.3 Å². The Bertz CT molecular complexity index is 680. The van der Waals surface area contributed by atoms with E-state index < -0.39 is 5.97 Å². The molecule has 0 spiro atoms. The van der Waals surface area contributed by atoms with Gasteiger partial charge >= 0.3 is 5.97 Å². The zero-order valence-electron chi connectivity index (χ0n) is 13.0. The minimum Gasteiger partial charge on any atom is -0.481 e. The van der Waals surface area contributed by atoms with Gasteiger partial charge in [0.05, 0.1) is 6.20 Å². The maximum Gasteiger partial charge on any atom is 0.303 e. The third-order valence-corrected chi connectivity index (χ3v) is 3.49. The number of hydrogen-bond acceptors (Lipinski definition) is 3. The molecule has 0 saturated heterocycles. The Morgan fingerprint density at radius 1 is 1.27 bits per heavy atom. The van der Waals surface area contributed by atoms with E-state index in [1.54, 1.807) is 11.7 Å². The predicted molar refractivity (Wildman–Crippen MR) is 81.2 cm³/mol. The quantitative estimate of drug-likeness (QED) is 0.790. The molecule has 2 heterocycles. The lowest BCUT2D eigenvalue weighted by atomic mass is 10.2. The third kappa shape index (κ3) is 3.19. The molecule has 0 fully saturated rings. The van der Waals surface area contributed by atoms with Crippen LogP contribution in [0.25, 0.3) is 5.82 Å². The number of rotatable bonds is 6. The Balaban J connectivity index is 2.19. The molecule has 2 aromatic rings. The van der Waals surface area contributed by atoms with E-state index in [9.17, 15) is 9.59 Å². The molecule has 0 atom stereocenters. The highest BCUT2D eigenvalue weighted by Crippen LogP contribution is 2.19. The van der Waals surface area contributed by atoms with E-state index >= 15 is 0 Å². The number of carboxylic acid groups (broad SMARTS) is 1. The monoisotopic (exact) mass is 304 g/mol. The number of carbonyl (C=O) groups is 2. The predicted octanol–water partition coefficient (Wildman–Crippen LogP) is 1.42. The first-order valence-corrected chi connectivity index (χ1v) is 7.09.